The third-order valence-electron chi connectivity index (χ3n) is 5.30. The van der Waals surface area contributed by atoms with Crippen molar-refractivity contribution < 1.29 is 4.74 Å². The van der Waals surface area contributed by atoms with Gasteiger partial charge >= 0.3 is 0 Å². The van der Waals surface area contributed by atoms with Crippen molar-refractivity contribution in [2.45, 2.75) is 45.1 Å². The van der Waals surface area contributed by atoms with E-state index in [0.29, 0.717) is 0 Å². The number of likely N-dealkylation sites (tertiary alicyclic amines) is 1. The summed E-state index contributed by atoms with van der Waals surface area (Å²) in [6, 6.07) is 6.08. The Hall–Kier alpha value is -1.42. The molecule has 4 heteroatoms. The second-order valence-electron chi connectivity index (χ2n) is 6.69. The quantitative estimate of drug-likeness (QED) is 0.849. The fraction of sp³-hybridized carbons (Fsp3) is 0.667. The van der Waals surface area contributed by atoms with E-state index >= 15 is 0 Å². The summed E-state index contributed by atoms with van der Waals surface area (Å²) < 4.78 is 6.37. The number of fused-ring (bicyclic) bond motifs is 1. The largest absolute Gasteiger partial charge is 0.483 e. The first kappa shape index (κ1) is 15.5. The molecule has 0 aliphatic carbocycles. The Morgan fingerprint density at radius 3 is 2.55 bits per heavy atom. The van der Waals surface area contributed by atoms with Crippen molar-refractivity contribution in [1.82, 2.24) is 4.90 Å². The van der Waals surface area contributed by atoms with Crippen LogP contribution in [0.3, 0.4) is 0 Å². The first-order chi connectivity index (χ1) is 10.7. The maximum Gasteiger partial charge on any atom is 0.145 e. The second kappa shape index (κ2) is 6.37. The minimum absolute atomic E-state index is 0.0776. The Morgan fingerprint density at radius 2 is 1.86 bits per heavy atom. The molecule has 1 fully saturated rings. The lowest BCUT2D eigenvalue weighted by molar-refractivity contribution is 0.0570. The van der Waals surface area contributed by atoms with Gasteiger partial charge in [-0.05, 0) is 50.9 Å². The van der Waals surface area contributed by atoms with Gasteiger partial charge < -0.3 is 20.3 Å². The number of nitrogen functional groups attached to an aromatic ring is 1. The summed E-state index contributed by atoms with van der Waals surface area (Å²) in [5.41, 5.74) is 7.87. The van der Waals surface area contributed by atoms with Crippen molar-refractivity contribution in [1.29, 1.82) is 0 Å². The molecule has 0 saturated carbocycles. The van der Waals surface area contributed by atoms with Gasteiger partial charge in [0.15, 0.2) is 0 Å². The molecule has 122 valence electrons. The fourth-order valence-electron chi connectivity index (χ4n) is 3.66. The molecular formula is C18H29N3O. The Bertz CT molecular complexity index is 507. The van der Waals surface area contributed by atoms with Gasteiger partial charge in [0.1, 0.15) is 11.4 Å². The summed E-state index contributed by atoms with van der Waals surface area (Å²) >= 11 is 0. The number of ether oxygens (including phenoxy) is 1. The van der Waals surface area contributed by atoms with Crippen molar-refractivity contribution >= 4 is 11.4 Å². The monoisotopic (exact) mass is 303 g/mol. The normalized spacial score (nSPS) is 20.7. The predicted octanol–water partition coefficient (Wildman–Crippen LogP) is 3.12. The molecule has 2 aliphatic heterocycles. The minimum Gasteiger partial charge on any atom is -0.483 e. The fourth-order valence-corrected chi connectivity index (χ4v) is 3.66. The Balaban J connectivity index is 1.80. The van der Waals surface area contributed by atoms with Crippen LogP contribution in [0.5, 0.6) is 5.75 Å². The average Bonchev–Trinajstić information content (AvgIpc) is 3.05. The molecule has 0 atom stereocenters. The number of nitrogens with two attached hydrogens (primary N) is 1. The van der Waals surface area contributed by atoms with Crippen LogP contribution in [0.15, 0.2) is 18.2 Å². The minimum atomic E-state index is -0.0776. The predicted molar refractivity (Wildman–Crippen MR) is 92.7 cm³/mol. The zero-order chi connectivity index (χ0) is 15.6. The Labute approximate surface area is 134 Å². The van der Waals surface area contributed by atoms with Crippen LogP contribution in [0.25, 0.3) is 0 Å². The molecule has 2 N–H and O–H groups in total. The topological polar surface area (TPSA) is 41.7 Å². The van der Waals surface area contributed by atoms with Crippen LogP contribution < -0.4 is 15.4 Å². The van der Waals surface area contributed by atoms with E-state index in [4.69, 9.17) is 10.5 Å². The van der Waals surface area contributed by atoms with Crippen molar-refractivity contribution in [2.24, 2.45) is 0 Å². The number of rotatable bonds is 5. The molecule has 0 amide bonds. The molecule has 0 unspecified atom stereocenters. The average molecular weight is 303 g/mol. The summed E-state index contributed by atoms with van der Waals surface area (Å²) in [6.07, 6.45) is 4.75. The molecule has 3 rings (SSSR count). The molecule has 2 aliphatic rings. The van der Waals surface area contributed by atoms with Gasteiger partial charge in [0.2, 0.25) is 0 Å². The summed E-state index contributed by atoms with van der Waals surface area (Å²) in [7, 11) is 0. The zero-order valence-corrected chi connectivity index (χ0v) is 14.0. The van der Waals surface area contributed by atoms with Crippen molar-refractivity contribution in [2.75, 3.05) is 43.4 Å². The molecule has 0 radical (unpaired) electrons. The maximum absolute atomic E-state index is 6.37. The van der Waals surface area contributed by atoms with E-state index in [1.54, 1.807) is 0 Å². The Kier molecular flexibility index (Phi) is 4.48. The summed E-state index contributed by atoms with van der Waals surface area (Å²) in [5, 5.41) is 0. The lowest BCUT2D eigenvalue weighted by Gasteiger charge is -2.44. The van der Waals surface area contributed by atoms with Crippen LogP contribution in [-0.4, -0.2) is 43.2 Å². The van der Waals surface area contributed by atoms with Crippen LogP contribution >= 0.6 is 0 Å². The van der Waals surface area contributed by atoms with E-state index in [9.17, 15) is 0 Å². The van der Waals surface area contributed by atoms with Gasteiger partial charge in [0.05, 0.1) is 12.2 Å². The highest BCUT2D eigenvalue weighted by atomic mass is 16.5. The molecule has 4 nitrogen and oxygen atoms in total. The molecule has 22 heavy (non-hydrogen) atoms. The molecule has 1 aromatic rings. The third kappa shape index (κ3) is 3.02. The molecule has 0 bridgehead atoms. The van der Waals surface area contributed by atoms with Crippen LogP contribution in [0.2, 0.25) is 0 Å². The number of hydrogen-bond acceptors (Lipinski definition) is 4. The second-order valence-corrected chi connectivity index (χ2v) is 6.69. The standard InChI is InChI=1S/C18H29N3O/c1-3-18(4-2)14-21(12-11-20-9-5-6-10-20)16-8-7-15(19)13-17(16)22-18/h7-8,13H,3-6,9-12,14,19H2,1-2H3. The van der Waals surface area contributed by atoms with Gasteiger partial charge in [-0.3, -0.25) is 0 Å². The van der Waals surface area contributed by atoms with Crippen LogP contribution in [0, 0.1) is 0 Å². The molecule has 0 aromatic heterocycles. The van der Waals surface area contributed by atoms with Gasteiger partial charge in [0, 0.05) is 24.8 Å². The van der Waals surface area contributed by atoms with E-state index in [1.165, 1.54) is 31.6 Å². The van der Waals surface area contributed by atoms with Crippen LogP contribution in [0.4, 0.5) is 11.4 Å². The van der Waals surface area contributed by atoms with E-state index < -0.39 is 0 Å². The molecule has 1 aromatic carbocycles. The van der Waals surface area contributed by atoms with Gasteiger partial charge in [-0.1, -0.05) is 13.8 Å². The van der Waals surface area contributed by atoms with Crippen molar-refractivity contribution in [3.63, 3.8) is 0 Å². The number of nitrogens with zero attached hydrogens (tertiary/aromatic N) is 2. The van der Waals surface area contributed by atoms with Gasteiger partial charge in [-0.25, -0.2) is 0 Å². The third-order valence-corrected chi connectivity index (χ3v) is 5.30. The zero-order valence-electron chi connectivity index (χ0n) is 14.0. The van der Waals surface area contributed by atoms with E-state index in [1.807, 2.05) is 12.1 Å². The number of hydrogen-bond donors (Lipinski definition) is 1. The summed E-state index contributed by atoms with van der Waals surface area (Å²) in [5.74, 6) is 0.955. The smallest absolute Gasteiger partial charge is 0.145 e. The van der Waals surface area contributed by atoms with E-state index in [0.717, 1.165) is 43.9 Å². The summed E-state index contributed by atoms with van der Waals surface area (Å²) in [6.45, 7) is 10.1. The highest BCUT2D eigenvalue weighted by molar-refractivity contribution is 5.65. The van der Waals surface area contributed by atoms with Crippen LogP contribution in [-0.2, 0) is 0 Å². The van der Waals surface area contributed by atoms with Crippen LogP contribution in [0.1, 0.15) is 39.5 Å². The van der Waals surface area contributed by atoms with E-state index in [-0.39, 0.29) is 5.60 Å². The first-order valence-electron chi connectivity index (χ1n) is 8.71. The van der Waals surface area contributed by atoms with Gasteiger partial charge in [-0.15, -0.1) is 0 Å². The van der Waals surface area contributed by atoms with E-state index in [2.05, 4.69) is 29.7 Å². The molecular weight excluding hydrogens is 274 g/mol. The van der Waals surface area contributed by atoms with Crippen molar-refractivity contribution in [3.05, 3.63) is 18.2 Å². The van der Waals surface area contributed by atoms with Crippen molar-refractivity contribution in [3.8, 4) is 5.75 Å². The Morgan fingerprint density at radius 1 is 1.14 bits per heavy atom. The lowest BCUT2D eigenvalue weighted by atomic mass is 9.94. The first-order valence-corrected chi connectivity index (χ1v) is 8.71. The molecule has 0 spiro atoms. The molecule has 1 saturated heterocycles. The van der Waals surface area contributed by atoms with Gasteiger partial charge in [0.25, 0.3) is 0 Å². The maximum atomic E-state index is 6.37. The highest BCUT2D eigenvalue weighted by Crippen LogP contribution is 2.40. The number of benzene rings is 1. The SMILES string of the molecule is CCC1(CC)CN(CCN2CCCC2)c2ccc(N)cc2O1. The highest BCUT2D eigenvalue weighted by Gasteiger charge is 2.37. The lowest BCUT2D eigenvalue weighted by Crippen LogP contribution is -2.51. The molecule has 2 heterocycles. The summed E-state index contributed by atoms with van der Waals surface area (Å²) in [4.78, 5) is 5.08. The van der Waals surface area contributed by atoms with Gasteiger partial charge in [-0.2, -0.15) is 0 Å². The number of anilines is 2.